The first-order valence-corrected chi connectivity index (χ1v) is 21.3. The highest BCUT2D eigenvalue weighted by Crippen LogP contribution is 2.66. The summed E-state index contributed by atoms with van der Waals surface area (Å²) in [5.74, 6) is 9.00. The molecule has 5 heterocycles. The molecule has 58 heavy (non-hydrogen) atoms. The number of nitrogens with zero attached hydrogens (tertiary/aromatic N) is 4. The molecule has 0 bridgehead atoms. The molecule has 5 fully saturated rings. The van der Waals surface area contributed by atoms with Crippen LogP contribution in [0.25, 0.3) is 32.8 Å². The molecule has 3 saturated heterocycles. The van der Waals surface area contributed by atoms with Crippen molar-refractivity contribution in [3.8, 4) is 11.8 Å². The number of carbonyl (C=O) groups excluding carboxylic acids is 3. The highest BCUT2D eigenvalue weighted by molar-refractivity contribution is 14.1. The number of hydrogen-bond acceptors (Lipinski definition) is 8. The van der Waals surface area contributed by atoms with E-state index in [-0.39, 0.29) is 39.6 Å². The van der Waals surface area contributed by atoms with Crippen molar-refractivity contribution in [2.75, 3.05) is 20.3 Å². The average molecular weight is 896 g/mol. The molecule has 13 nitrogen and oxygen atoms in total. The molecular formula is C44H46IN7O6. The van der Waals surface area contributed by atoms with Gasteiger partial charge in [-0.2, -0.15) is 0 Å². The number of methoxy groups -OCH3 is 1. The van der Waals surface area contributed by atoms with Gasteiger partial charge < -0.3 is 34.4 Å². The van der Waals surface area contributed by atoms with Crippen LogP contribution in [0.4, 0.5) is 9.59 Å². The second-order valence-corrected chi connectivity index (χ2v) is 19.4. The number of H-pyrrole nitrogens is 2. The molecule has 3 N–H and O–H groups in total. The number of alkyl halides is 1. The van der Waals surface area contributed by atoms with Gasteiger partial charge >= 0.3 is 12.2 Å². The van der Waals surface area contributed by atoms with E-state index in [1.807, 2.05) is 60.9 Å². The van der Waals surface area contributed by atoms with Crippen LogP contribution in [0.5, 0.6) is 0 Å². The van der Waals surface area contributed by atoms with Gasteiger partial charge in [0.2, 0.25) is 5.91 Å². The van der Waals surface area contributed by atoms with Gasteiger partial charge in [0.15, 0.2) is 0 Å². The first-order chi connectivity index (χ1) is 27.9. The van der Waals surface area contributed by atoms with E-state index in [1.165, 1.54) is 7.11 Å². The molecule has 2 saturated carbocycles. The number of hydrogen-bond donors (Lipinski definition) is 3. The molecule has 14 heteroatoms. The molecule has 300 valence electrons. The number of benzene rings is 3. The topological polar surface area (TPSA) is 155 Å². The summed E-state index contributed by atoms with van der Waals surface area (Å²) in [5.41, 5.74) is 4.63. The maximum absolute atomic E-state index is 14.3. The number of likely N-dealkylation sites (tertiary alicyclic amines) is 2. The molecule has 2 aromatic heterocycles. The number of halogens is 1. The van der Waals surface area contributed by atoms with Crippen molar-refractivity contribution in [3.05, 3.63) is 71.3 Å². The second-order valence-electron chi connectivity index (χ2n) is 17.6. The van der Waals surface area contributed by atoms with Crippen LogP contribution in [0.2, 0.25) is 0 Å². The lowest BCUT2D eigenvalue weighted by atomic mass is 9.90. The van der Waals surface area contributed by atoms with E-state index in [0.29, 0.717) is 37.9 Å². The molecule has 2 unspecified atom stereocenters. The summed E-state index contributed by atoms with van der Waals surface area (Å²) in [6, 6.07) is 15.3. The maximum atomic E-state index is 14.3. The molecule has 5 aromatic rings. The van der Waals surface area contributed by atoms with Crippen molar-refractivity contribution in [1.29, 1.82) is 0 Å². The molecule has 10 rings (SSSR count). The third-order valence-electron chi connectivity index (χ3n) is 12.6. The third kappa shape index (κ3) is 6.63. The second kappa shape index (κ2) is 13.9. The predicted octanol–water partition coefficient (Wildman–Crippen LogP) is 7.64. The standard InChI is InChI=1S/C44H46IN7O6/c1-43(2,3)58-42(55)52-35(21-28-22-44(28,52)45)39-46-30-11-8-24(18-32(30)48-39)6-5-23-7-10-29-26(17-23)9-12-31-37(29)49-38(47-31)34-20-27-19-33(27)51(34)40(53)36(50-41(54)56-4)25-13-15-57-16-14-25/h7-12,17-18,25,27-28,33-36H,13-16,19-22H2,1-4H3,(H,46,48)(H,47,49)(H,50,54)/t27-,28?,33-,34+,35+,36+,44?/m1/s1. The fraction of sp³-hybridized carbons (Fsp3) is 0.477. The zero-order chi connectivity index (χ0) is 40.1. The number of ether oxygens (including phenoxy) is 3. The number of carbonyl (C=O) groups is 3. The highest BCUT2D eigenvalue weighted by Gasteiger charge is 2.67. The molecular weight excluding hydrogens is 849 g/mol. The molecule has 7 atom stereocenters. The minimum atomic E-state index is -0.676. The summed E-state index contributed by atoms with van der Waals surface area (Å²) in [5, 5.41) is 4.89. The van der Waals surface area contributed by atoms with Crippen LogP contribution >= 0.6 is 22.6 Å². The number of alkyl carbamates (subject to hydrolysis) is 1. The van der Waals surface area contributed by atoms with Crippen molar-refractivity contribution in [3.63, 3.8) is 0 Å². The Bertz CT molecular complexity index is 2560. The first-order valence-electron chi connectivity index (χ1n) is 20.3. The number of aromatic nitrogens is 4. The Hall–Kier alpha value is -4.88. The smallest absolute Gasteiger partial charge is 0.412 e. The summed E-state index contributed by atoms with van der Waals surface area (Å²) >= 11 is 2.42. The van der Waals surface area contributed by atoms with Gasteiger partial charge in [-0.1, -0.05) is 46.6 Å². The van der Waals surface area contributed by atoms with Gasteiger partial charge in [0.1, 0.15) is 26.8 Å². The minimum Gasteiger partial charge on any atom is -0.453 e. The number of imidazole rings is 2. The Labute approximate surface area is 349 Å². The third-order valence-corrected chi connectivity index (χ3v) is 14.4. The van der Waals surface area contributed by atoms with Crippen LogP contribution in [0.15, 0.2) is 48.5 Å². The first kappa shape index (κ1) is 37.4. The summed E-state index contributed by atoms with van der Waals surface area (Å²) in [7, 11) is 1.32. The van der Waals surface area contributed by atoms with Gasteiger partial charge in [0.25, 0.3) is 0 Å². The van der Waals surface area contributed by atoms with Crippen LogP contribution in [0, 0.1) is 29.6 Å². The number of rotatable bonds is 5. The molecule has 0 radical (unpaired) electrons. The zero-order valence-corrected chi connectivity index (χ0v) is 35.1. The summed E-state index contributed by atoms with van der Waals surface area (Å²) in [6.07, 6.45) is 4.15. The Morgan fingerprint density at radius 2 is 1.69 bits per heavy atom. The van der Waals surface area contributed by atoms with Crippen molar-refractivity contribution in [2.24, 2.45) is 17.8 Å². The summed E-state index contributed by atoms with van der Waals surface area (Å²) in [6.45, 7) is 6.82. The Morgan fingerprint density at radius 3 is 2.47 bits per heavy atom. The van der Waals surface area contributed by atoms with Gasteiger partial charge in [-0.15, -0.1) is 0 Å². The fourth-order valence-electron chi connectivity index (χ4n) is 9.56. The predicted molar refractivity (Wildman–Crippen MR) is 225 cm³/mol. The number of piperidine rings is 2. The lowest BCUT2D eigenvalue weighted by Crippen LogP contribution is -2.54. The van der Waals surface area contributed by atoms with E-state index in [0.717, 1.165) is 81.3 Å². The Kier molecular flexibility index (Phi) is 8.94. The zero-order valence-electron chi connectivity index (χ0n) is 32.9. The summed E-state index contributed by atoms with van der Waals surface area (Å²) < 4.78 is 16.1. The largest absolute Gasteiger partial charge is 0.453 e. The Morgan fingerprint density at radius 1 is 0.948 bits per heavy atom. The van der Waals surface area contributed by atoms with Gasteiger partial charge in [0, 0.05) is 35.8 Å². The number of nitrogens with one attached hydrogen (secondary N) is 3. The van der Waals surface area contributed by atoms with Crippen LogP contribution in [0.3, 0.4) is 0 Å². The quantitative estimate of drug-likeness (QED) is 0.0705. The summed E-state index contributed by atoms with van der Waals surface area (Å²) in [4.78, 5) is 61.0. The molecule has 2 aliphatic carbocycles. The normalized spacial score (nSPS) is 26.9. The van der Waals surface area contributed by atoms with Crippen LogP contribution < -0.4 is 5.32 Å². The molecule has 5 aliphatic rings. The number of fused-ring (bicyclic) bond motifs is 6. The van der Waals surface area contributed by atoms with E-state index in [2.05, 4.69) is 67.9 Å². The highest BCUT2D eigenvalue weighted by atomic mass is 127. The maximum Gasteiger partial charge on any atom is 0.412 e. The van der Waals surface area contributed by atoms with Crippen molar-refractivity contribution >= 4 is 73.5 Å². The van der Waals surface area contributed by atoms with Crippen LogP contribution in [-0.4, -0.2) is 89.4 Å². The molecule has 0 spiro atoms. The van der Waals surface area contributed by atoms with E-state index >= 15 is 0 Å². The van der Waals surface area contributed by atoms with E-state index < -0.39 is 17.7 Å². The Balaban J connectivity index is 0.883. The average Bonchev–Trinajstić information content (AvgIpc) is 3.77. The lowest BCUT2D eigenvalue weighted by molar-refractivity contribution is -0.138. The van der Waals surface area contributed by atoms with Crippen LogP contribution in [-0.2, 0) is 19.0 Å². The number of amides is 3. The molecule has 3 amide bonds. The van der Waals surface area contributed by atoms with Crippen molar-refractivity contribution < 1.29 is 28.6 Å². The van der Waals surface area contributed by atoms with E-state index in [1.54, 1.807) is 0 Å². The van der Waals surface area contributed by atoms with Crippen LogP contribution in [0.1, 0.15) is 94.2 Å². The van der Waals surface area contributed by atoms with E-state index in [9.17, 15) is 14.4 Å². The van der Waals surface area contributed by atoms with Gasteiger partial charge in [-0.3, -0.25) is 9.69 Å². The van der Waals surface area contributed by atoms with E-state index in [4.69, 9.17) is 24.2 Å². The van der Waals surface area contributed by atoms with Gasteiger partial charge in [-0.05, 0) is 119 Å². The lowest BCUT2D eigenvalue weighted by Gasteiger charge is -2.35. The van der Waals surface area contributed by atoms with Crippen molar-refractivity contribution in [1.82, 2.24) is 35.1 Å². The number of aromatic amines is 2. The molecule has 3 aliphatic heterocycles. The minimum absolute atomic E-state index is 0.0220. The SMILES string of the molecule is COC(=O)N[C@H](C(=O)N1[C@@H]2C[C@@H]2C[C@H]1c1nc2c(ccc3cc(C#Cc4ccc5nc([C@@H]6CC7CC7(I)N6C(=O)OC(C)(C)C)[nH]c5c4)ccc32)[nH]1)C1CCOCC1. The van der Waals surface area contributed by atoms with Crippen molar-refractivity contribution in [2.45, 2.75) is 92.6 Å². The fourth-order valence-corrected chi connectivity index (χ4v) is 10.9. The van der Waals surface area contributed by atoms with Gasteiger partial charge in [0.05, 0.1) is 41.3 Å². The van der Waals surface area contributed by atoms with Gasteiger partial charge in [-0.25, -0.2) is 19.6 Å². The monoisotopic (exact) mass is 895 g/mol. The molecule has 3 aromatic carbocycles.